The van der Waals surface area contributed by atoms with Crippen LogP contribution in [0.2, 0.25) is 10.0 Å². The third-order valence-electron chi connectivity index (χ3n) is 3.39. The molecule has 0 aliphatic carbocycles. The minimum Gasteiger partial charge on any atom is -0.496 e. The van der Waals surface area contributed by atoms with Crippen molar-refractivity contribution in [3.63, 3.8) is 0 Å². The largest absolute Gasteiger partial charge is 0.496 e. The minimum absolute atomic E-state index is 0.633. The van der Waals surface area contributed by atoms with E-state index in [2.05, 4.69) is 26.6 Å². The van der Waals surface area contributed by atoms with Crippen molar-refractivity contribution in [2.75, 3.05) is 7.11 Å². The first-order chi connectivity index (χ1) is 10.1. The van der Waals surface area contributed by atoms with Crippen molar-refractivity contribution in [1.82, 2.24) is 4.57 Å². The maximum atomic E-state index is 6.23. The second-order valence-electron chi connectivity index (χ2n) is 4.72. The Morgan fingerprint density at radius 1 is 1.14 bits per heavy atom. The molecular formula is C16H12BrCl2NO. The van der Waals surface area contributed by atoms with E-state index in [4.69, 9.17) is 27.9 Å². The average molecular weight is 385 g/mol. The molecule has 0 aliphatic heterocycles. The third-order valence-corrected chi connectivity index (χ3v) is 4.41. The van der Waals surface area contributed by atoms with E-state index in [-0.39, 0.29) is 0 Å². The molecule has 0 saturated carbocycles. The Bertz CT molecular complexity index is 813. The van der Waals surface area contributed by atoms with Crippen LogP contribution in [0.25, 0.3) is 10.9 Å². The molecule has 1 heterocycles. The highest BCUT2D eigenvalue weighted by atomic mass is 79.9. The number of nitrogens with zero attached hydrogens (tertiary/aromatic N) is 1. The van der Waals surface area contributed by atoms with E-state index in [1.165, 1.54) is 0 Å². The van der Waals surface area contributed by atoms with Crippen LogP contribution in [0.5, 0.6) is 5.75 Å². The molecule has 0 amide bonds. The van der Waals surface area contributed by atoms with Gasteiger partial charge in [-0.1, -0.05) is 39.1 Å². The first kappa shape index (κ1) is 14.8. The minimum atomic E-state index is 0.633. The summed E-state index contributed by atoms with van der Waals surface area (Å²) in [6.45, 7) is 0.683. The van der Waals surface area contributed by atoms with Gasteiger partial charge >= 0.3 is 0 Å². The summed E-state index contributed by atoms with van der Waals surface area (Å²) in [5, 5.41) is 2.29. The summed E-state index contributed by atoms with van der Waals surface area (Å²) in [7, 11) is 1.67. The van der Waals surface area contributed by atoms with Crippen LogP contribution in [-0.4, -0.2) is 11.7 Å². The number of aromatic nitrogens is 1. The second kappa shape index (κ2) is 5.91. The van der Waals surface area contributed by atoms with Crippen molar-refractivity contribution in [3.05, 3.63) is 62.7 Å². The summed E-state index contributed by atoms with van der Waals surface area (Å²) in [5.41, 5.74) is 2.09. The van der Waals surface area contributed by atoms with Gasteiger partial charge in [0.05, 0.1) is 24.2 Å². The summed E-state index contributed by atoms with van der Waals surface area (Å²) in [6, 6.07) is 11.6. The Hall–Kier alpha value is -1.16. The monoisotopic (exact) mass is 383 g/mol. The fourth-order valence-electron chi connectivity index (χ4n) is 2.41. The normalized spacial score (nSPS) is 11.0. The first-order valence-corrected chi connectivity index (χ1v) is 7.89. The fourth-order valence-corrected chi connectivity index (χ4v) is 3.36. The highest BCUT2D eigenvalue weighted by Crippen LogP contribution is 2.30. The van der Waals surface area contributed by atoms with Gasteiger partial charge in [-0.05, 0) is 36.4 Å². The molecule has 1 aromatic heterocycles. The van der Waals surface area contributed by atoms with Crippen molar-refractivity contribution in [2.45, 2.75) is 6.54 Å². The number of halogens is 3. The Kier molecular flexibility index (Phi) is 4.16. The van der Waals surface area contributed by atoms with Crippen LogP contribution in [0.1, 0.15) is 5.56 Å². The molecule has 0 saturated heterocycles. The number of benzene rings is 2. The molecule has 0 N–H and O–H groups in total. The molecule has 0 fully saturated rings. The summed E-state index contributed by atoms with van der Waals surface area (Å²) < 4.78 is 8.55. The first-order valence-electron chi connectivity index (χ1n) is 6.35. The molecule has 3 rings (SSSR count). The van der Waals surface area contributed by atoms with Gasteiger partial charge in [0, 0.05) is 26.6 Å². The van der Waals surface area contributed by atoms with Gasteiger partial charge in [-0.25, -0.2) is 0 Å². The molecule has 3 aromatic rings. The molecule has 2 nitrogen and oxygen atoms in total. The van der Waals surface area contributed by atoms with E-state index >= 15 is 0 Å². The van der Waals surface area contributed by atoms with Crippen LogP contribution in [0.3, 0.4) is 0 Å². The summed E-state index contributed by atoms with van der Waals surface area (Å²) in [6.07, 6.45) is 2.01. The molecular weight excluding hydrogens is 373 g/mol. The van der Waals surface area contributed by atoms with Gasteiger partial charge in [-0.3, -0.25) is 0 Å². The van der Waals surface area contributed by atoms with E-state index < -0.39 is 0 Å². The molecule has 0 radical (unpaired) electrons. The van der Waals surface area contributed by atoms with Gasteiger partial charge < -0.3 is 9.30 Å². The SMILES string of the molecule is COc1ccc(Br)cc1Cn1ccc2c(Cl)cc(Cl)cc21. The van der Waals surface area contributed by atoms with E-state index in [0.29, 0.717) is 16.6 Å². The fraction of sp³-hybridized carbons (Fsp3) is 0.125. The summed E-state index contributed by atoms with van der Waals surface area (Å²) in [5.74, 6) is 0.855. The van der Waals surface area contributed by atoms with Crippen molar-refractivity contribution in [1.29, 1.82) is 0 Å². The highest BCUT2D eigenvalue weighted by Gasteiger charge is 2.09. The highest BCUT2D eigenvalue weighted by molar-refractivity contribution is 9.10. The number of hydrogen-bond acceptors (Lipinski definition) is 1. The Morgan fingerprint density at radius 3 is 2.71 bits per heavy atom. The van der Waals surface area contributed by atoms with Crippen LogP contribution in [0, 0.1) is 0 Å². The van der Waals surface area contributed by atoms with Gasteiger partial charge in [0.25, 0.3) is 0 Å². The van der Waals surface area contributed by atoms with Gasteiger partial charge in [-0.2, -0.15) is 0 Å². The molecule has 108 valence electrons. The zero-order valence-corrected chi connectivity index (χ0v) is 14.3. The maximum absolute atomic E-state index is 6.23. The molecule has 0 atom stereocenters. The van der Waals surface area contributed by atoms with Gasteiger partial charge in [0.2, 0.25) is 0 Å². The standard InChI is InChI=1S/C16H12BrCl2NO/c1-21-16-3-2-11(17)6-10(16)9-20-5-4-13-14(19)7-12(18)8-15(13)20/h2-8H,9H2,1H3. The van der Waals surface area contributed by atoms with E-state index in [1.807, 2.05) is 30.5 Å². The topological polar surface area (TPSA) is 14.2 Å². The lowest BCUT2D eigenvalue weighted by atomic mass is 10.2. The molecule has 21 heavy (non-hydrogen) atoms. The number of fused-ring (bicyclic) bond motifs is 1. The lowest BCUT2D eigenvalue weighted by molar-refractivity contribution is 0.408. The second-order valence-corrected chi connectivity index (χ2v) is 6.48. The number of rotatable bonds is 3. The molecule has 0 bridgehead atoms. The van der Waals surface area contributed by atoms with Crippen LogP contribution < -0.4 is 4.74 Å². The number of methoxy groups -OCH3 is 1. The predicted molar refractivity (Wildman–Crippen MR) is 91.8 cm³/mol. The molecule has 0 aliphatic rings. The Morgan fingerprint density at radius 2 is 1.95 bits per heavy atom. The number of hydrogen-bond donors (Lipinski definition) is 0. The summed E-state index contributed by atoms with van der Waals surface area (Å²) in [4.78, 5) is 0. The van der Waals surface area contributed by atoms with E-state index in [1.54, 1.807) is 13.2 Å². The summed E-state index contributed by atoms with van der Waals surface area (Å²) >= 11 is 15.8. The van der Waals surface area contributed by atoms with Crippen LogP contribution in [0.4, 0.5) is 0 Å². The zero-order valence-electron chi connectivity index (χ0n) is 11.2. The van der Waals surface area contributed by atoms with Crippen molar-refractivity contribution >= 4 is 50.0 Å². The van der Waals surface area contributed by atoms with E-state index in [9.17, 15) is 0 Å². The van der Waals surface area contributed by atoms with Crippen LogP contribution >= 0.6 is 39.1 Å². The van der Waals surface area contributed by atoms with Gasteiger partial charge in [0.15, 0.2) is 0 Å². The maximum Gasteiger partial charge on any atom is 0.123 e. The molecule has 5 heteroatoms. The molecule has 2 aromatic carbocycles. The Labute approximate surface area is 141 Å². The van der Waals surface area contributed by atoms with Crippen molar-refractivity contribution in [2.24, 2.45) is 0 Å². The number of ether oxygens (including phenoxy) is 1. The quantitative estimate of drug-likeness (QED) is 0.559. The molecule has 0 spiro atoms. The lowest BCUT2D eigenvalue weighted by Crippen LogP contribution is -2.00. The zero-order chi connectivity index (χ0) is 15.0. The smallest absolute Gasteiger partial charge is 0.123 e. The van der Waals surface area contributed by atoms with Crippen LogP contribution in [0.15, 0.2) is 47.1 Å². The van der Waals surface area contributed by atoms with Crippen molar-refractivity contribution < 1.29 is 4.74 Å². The van der Waals surface area contributed by atoms with Crippen molar-refractivity contribution in [3.8, 4) is 5.75 Å². The lowest BCUT2D eigenvalue weighted by Gasteiger charge is -2.11. The molecule has 0 unspecified atom stereocenters. The van der Waals surface area contributed by atoms with Gasteiger partial charge in [-0.15, -0.1) is 0 Å². The van der Waals surface area contributed by atoms with Gasteiger partial charge in [0.1, 0.15) is 5.75 Å². The average Bonchev–Trinajstić information content (AvgIpc) is 2.82. The van der Waals surface area contributed by atoms with E-state index in [0.717, 1.165) is 26.7 Å². The third kappa shape index (κ3) is 2.91. The Balaban J connectivity index is 2.08. The predicted octanol–water partition coefficient (Wildman–Crippen LogP) is 5.77. The van der Waals surface area contributed by atoms with Crippen LogP contribution in [-0.2, 0) is 6.54 Å².